The van der Waals surface area contributed by atoms with E-state index in [4.69, 9.17) is 0 Å². The summed E-state index contributed by atoms with van der Waals surface area (Å²) < 4.78 is 29.6. The van der Waals surface area contributed by atoms with E-state index in [1.807, 2.05) is 48.8 Å². The molecule has 2 aromatic heterocycles. The SMILES string of the molecule is C[C@@H]1C[C@@H](C)CN(S(=O)(=O)c2ccc(NCCc3cn4ccccc4n3)c([N+](=O)[O-])c2)C1. The van der Waals surface area contributed by atoms with Crippen LogP contribution in [0.2, 0.25) is 0 Å². The first-order chi connectivity index (χ1) is 15.2. The first-order valence-electron chi connectivity index (χ1n) is 10.7. The largest absolute Gasteiger partial charge is 0.379 e. The van der Waals surface area contributed by atoms with Crippen LogP contribution in [0.4, 0.5) is 11.4 Å². The molecule has 10 heteroatoms. The molecule has 32 heavy (non-hydrogen) atoms. The van der Waals surface area contributed by atoms with Gasteiger partial charge in [0.25, 0.3) is 5.69 Å². The lowest BCUT2D eigenvalue weighted by molar-refractivity contribution is -0.384. The van der Waals surface area contributed by atoms with E-state index >= 15 is 0 Å². The number of anilines is 1. The van der Waals surface area contributed by atoms with Gasteiger partial charge in [-0.15, -0.1) is 0 Å². The molecule has 1 aromatic carbocycles. The standard InChI is InChI=1S/C22H27N5O4S/c1-16-11-17(2)14-26(13-16)32(30,31)19-6-7-20(21(12-19)27(28)29)23-9-8-18-15-25-10-4-3-5-22(25)24-18/h3-7,10,12,15-17,23H,8-9,11,13-14H2,1-2H3/t16-,17-/m1/s1. The predicted molar refractivity (Wildman–Crippen MR) is 122 cm³/mol. The number of nitrogens with one attached hydrogen (secondary N) is 1. The predicted octanol–water partition coefficient (Wildman–Crippen LogP) is 3.56. The topological polar surface area (TPSA) is 110 Å². The summed E-state index contributed by atoms with van der Waals surface area (Å²) in [7, 11) is -3.79. The number of hydrogen-bond donors (Lipinski definition) is 1. The van der Waals surface area contributed by atoms with Crippen molar-refractivity contribution >= 4 is 27.0 Å². The van der Waals surface area contributed by atoms with Crippen LogP contribution in [0.1, 0.15) is 26.0 Å². The van der Waals surface area contributed by atoms with Gasteiger partial charge in [0, 0.05) is 44.5 Å². The van der Waals surface area contributed by atoms with Crippen molar-refractivity contribution in [1.29, 1.82) is 0 Å². The van der Waals surface area contributed by atoms with E-state index in [9.17, 15) is 18.5 Å². The lowest BCUT2D eigenvalue weighted by Gasteiger charge is -2.34. The normalized spacial score (nSPS) is 19.8. The summed E-state index contributed by atoms with van der Waals surface area (Å²) in [6, 6.07) is 9.82. The number of pyridine rings is 1. The van der Waals surface area contributed by atoms with Gasteiger partial charge in [-0.25, -0.2) is 13.4 Å². The summed E-state index contributed by atoms with van der Waals surface area (Å²) in [5, 5.41) is 14.7. The van der Waals surface area contributed by atoms with Crippen LogP contribution in [-0.4, -0.2) is 46.7 Å². The Morgan fingerprint density at radius 3 is 2.62 bits per heavy atom. The van der Waals surface area contributed by atoms with Gasteiger partial charge in [0.15, 0.2) is 0 Å². The molecule has 170 valence electrons. The van der Waals surface area contributed by atoms with E-state index < -0.39 is 14.9 Å². The monoisotopic (exact) mass is 457 g/mol. The number of aromatic nitrogens is 2. The number of nitro benzene ring substituents is 1. The van der Waals surface area contributed by atoms with Crippen molar-refractivity contribution in [3.63, 3.8) is 0 Å². The van der Waals surface area contributed by atoms with E-state index in [0.29, 0.717) is 26.1 Å². The maximum Gasteiger partial charge on any atom is 0.293 e. The van der Waals surface area contributed by atoms with Crippen LogP contribution in [0.15, 0.2) is 53.7 Å². The van der Waals surface area contributed by atoms with Gasteiger partial charge >= 0.3 is 0 Å². The Kier molecular flexibility index (Phi) is 6.16. The Morgan fingerprint density at radius 2 is 1.94 bits per heavy atom. The quantitative estimate of drug-likeness (QED) is 0.429. The van der Waals surface area contributed by atoms with E-state index in [1.165, 1.54) is 16.4 Å². The highest BCUT2D eigenvalue weighted by Gasteiger charge is 2.33. The van der Waals surface area contributed by atoms with Crippen molar-refractivity contribution < 1.29 is 13.3 Å². The van der Waals surface area contributed by atoms with Gasteiger partial charge in [-0.05, 0) is 42.5 Å². The van der Waals surface area contributed by atoms with Crippen molar-refractivity contribution in [3.8, 4) is 0 Å². The number of nitrogens with zero attached hydrogens (tertiary/aromatic N) is 4. The van der Waals surface area contributed by atoms with E-state index in [0.717, 1.165) is 23.8 Å². The van der Waals surface area contributed by atoms with E-state index in [-0.39, 0.29) is 28.1 Å². The number of nitro groups is 1. The minimum Gasteiger partial charge on any atom is -0.379 e. The molecule has 2 atom stereocenters. The van der Waals surface area contributed by atoms with Gasteiger partial charge < -0.3 is 9.72 Å². The third-order valence-electron chi connectivity index (χ3n) is 5.75. The molecule has 1 N–H and O–H groups in total. The molecular weight excluding hydrogens is 430 g/mol. The molecule has 0 aliphatic carbocycles. The summed E-state index contributed by atoms with van der Waals surface area (Å²) in [6.07, 6.45) is 5.37. The van der Waals surface area contributed by atoms with Crippen LogP contribution in [0.25, 0.3) is 5.65 Å². The van der Waals surface area contributed by atoms with Crippen molar-refractivity contribution in [2.45, 2.75) is 31.6 Å². The van der Waals surface area contributed by atoms with Gasteiger partial charge in [-0.2, -0.15) is 4.31 Å². The Hall–Kier alpha value is -2.98. The van der Waals surface area contributed by atoms with Gasteiger partial charge in [0.2, 0.25) is 10.0 Å². The summed E-state index contributed by atoms with van der Waals surface area (Å²) in [4.78, 5) is 15.6. The molecule has 1 fully saturated rings. The highest BCUT2D eigenvalue weighted by Crippen LogP contribution is 2.31. The fourth-order valence-corrected chi connectivity index (χ4v) is 6.06. The first kappa shape index (κ1) is 22.2. The van der Waals surface area contributed by atoms with Gasteiger partial charge in [-0.3, -0.25) is 10.1 Å². The molecule has 3 heterocycles. The number of imidazole rings is 1. The minimum absolute atomic E-state index is 0.0450. The second-order valence-corrected chi connectivity index (χ2v) is 10.5. The summed E-state index contributed by atoms with van der Waals surface area (Å²) in [6.45, 7) is 5.34. The molecule has 4 rings (SSSR count). The van der Waals surface area contributed by atoms with E-state index in [1.54, 1.807) is 0 Å². The van der Waals surface area contributed by atoms with E-state index in [2.05, 4.69) is 10.3 Å². The average Bonchev–Trinajstić information content (AvgIpc) is 3.16. The lowest BCUT2D eigenvalue weighted by Crippen LogP contribution is -2.42. The molecule has 1 aliphatic heterocycles. The van der Waals surface area contributed by atoms with Crippen LogP contribution in [-0.2, 0) is 16.4 Å². The number of fused-ring (bicyclic) bond motifs is 1. The Bertz CT molecular complexity index is 1200. The maximum absolute atomic E-state index is 13.1. The molecule has 0 radical (unpaired) electrons. The summed E-state index contributed by atoms with van der Waals surface area (Å²) in [5.74, 6) is 0.508. The second-order valence-electron chi connectivity index (χ2n) is 8.58. The Labute approximate surface area is 187 Å². The molecule has 0 saturated carbocycles. The first-order valence-corrected chi connectivity index (χ1v) is 12.1. The second kappa shape index (κ2) is 8.87. The Balaban J connectivity index is 1.50. The molecule has 1 saturated heterocycles. The van der Waals surface area contributed by atoms with Crippen molar-refractivity contribution in [1.82, 2.24) is 13.7 Å². The smallest absolute Gasteiger partial charge is 0.293 e. The fraction of sp³-hybridized carbons (Fsp3) is 0.409. The highest BCUT2D eigenvalue weighted by atomic mass is 32.2. The number of benzene rings is 1. The van der Waals surface area contributed by atoms with Gasteiger partial charge in [-0.1, -0.05) is 19.9 Å². The zero-order valence-corrected chi connectivity index (χ0v) is 19.0. The minimum atomic E-state index is -3.79. The van der Waals surface area contributed by atoms with Crippen LogP contribution >= 0.6 is 0 Å². The van der Waals surface area contributed by atoms with Crippen molar-refractivity contribution in [2.75, 3.05) is 25.0 Å². The number of rotatable bonds is 7. The fourth-order valence-electron chi connectivity index (χ4n) is 4.36. The highest BCUT2D eigenvalue weighted by molar-refractivity contribution is 7.89. The van der Waals surface area contributed by atoms with Crippen LogP contribution in [0.5, 0.6) is 0 Å². The third-order valence-corrected chi connectivity index (χ3v) is 7.58. The zero-order valence-electron chi connectivity index (χ0n) is 18.1. The number of piperidine rings is 1. The van der Waals surface area contributed by atoms with Crippen LogP contribution in [0, 0.1) is 22.0 Å². The van der Waals surface area contributed by atoms with Crippen molar-refractivity contribution in [2.24, 2.45) is 11.8 Å². The van der Waals surface area contributed by atoms with Gasteiger partial charge in [0.05, 0.1) is 15.5 Å². The summed E-state index contributed by atoms with van der Waals surface area (Å²) in [5.41, 5.74) is 1.74. The zero-order chi connectivity index (χ0) is 22.9. The number of hydrogen-bond acceptors (Lipinski definition) is 6. The molecule has 3 aromatic rings. The molecule has 9 nitrogen and oxygen atoms in total. The van der Waals surface area contributed by atoms with Crippen LogP contribution < -0.4 is 5.32 Å². The number of sulfonamides is 1. The summed E-state index contributed by atoms with van der Waals surface area (Å²) >= 11 is 0. The third kappa shape index (κ3) is 4.61. The molecule has 0 amide bonds. The molecule has 0 bridgehead atoms. The van der Waals surface area contributed by atoms with Crippen LogP contribution in [0.3, 0.4) is 0 Å². The average molecular weight is 458 g/mol. The molecular formula is C22H27N5O4S. The van der Waals surface area contributed by atoms with Gasteiger partial charge in [0.1, 0.15) is 11.3 Å². The maximum atomic E-state index is 13.1. The molecule has 0 spiro atoms. The lowest BCUT2D eigenvalue weighted by atomic mass is 9.94. The molecule has 1 aliphatic rings. The molecule has 0 unspecified atom stereocenters. The van der Waals surface area contributed by atoms with Crippen molar-refractivity contribution in [3.05, 3.63) is 64.6 Å². The Morgan fingerprint density at radius 1 is 1.19 bits per heavy atom.